The summed E-state index contributed by atoms with van der Waals surface area (Å²) in [5, 5.41) is 9.08. The van der Waals surface area contributed by atoms with Gasteiger partial charge in [-0.15, -0.1) is 0 Å². The Hall–Kier alpha value is -0.480. The van der Waals surface area contributed by atoms with E-state index in [-0.39, 0.29) is 11.8 Å². The van der Waals surface area contributed by atoms with Crippen molar-refractivity contribution in [2.24, 2.45) is 5.92 Å². The van der Waals surface area contributed by atoms with Gasteiger partial charge in [-0.05, 0) is 17.7 Å². The Morgan fingerprint density at radius 3 is 2.60 bits per heavy atom. The minimum Gasteiger partial charge on any atom is -0.481 e. The van der Waals surface area contributed by atoms with Gasteiger partial charge in [-0.25, -0.2) is 0 Å². The minimum absolute atomic E-state index is 0.167. The molecule has 0 spiro atoms. The van der Waals surface area contributed by atoms with E-state index in [4.69, 9.17) is 5.11 Å². The summed E-state index contributed by atoms with van der Waals surface area (Å²) < 4.78 is 1.03. The number of aliphatic carboxylic acids is 1. The standard InChI is InChI=1S/C11H11BrO2S/c12-8-3-1-7(2-4-8)9-5-15-6-10(9)11(13)14/h1-4,9-10H,5-6H2,(H,13,14). The van der Waals surface area contributed by atoms with Gasteiger partial charge in [-0.1, -0.05) is 28.1 Å². The van der Waals surface area contributed by atoms with Gasteiger partial charge in [0.05, 0.1) is 5.92 Å². The van der Waals surface area contributed by atoms with Crippen LogP contribution in [0.25, 0.3) is 0 Å². The van der Waals surface area contributed by atoms with Crippen molar-refractivity contribution < 1.29 is 9.90 Å². The fourth-order valence-corrected chi connectivity index (χ4v) is 3.54. The Balaban J connectivity index is 2.22. The molecule has 0 saturated carbocycles. The Morgan fingerprint density at radius 2 is 2.00 bits per heavy atom. The van der Waals surface area contributed by atoms with Gasteiger partial charge >= 0.3 is 5.97 Å². The maximum atomic E-state index is 11.0. The van der Waals surface area contributed by atoms with Crippen LogP contribution >= 0.6 is 27.7 Å². The van der Waals surface area contributed by atoms with Crippen LogP contribution in [0, 0.1) is 5.92 Å². The zero-order chi connectivity index (χ0) is 10.8. The normalized spacial score (nSPS) is 25.4. The number of carbonyl (C=O) groups is 1. The average molecular weight is 287 g/mol. The second-order valence-corrected chi connectivity index (χ2v) is 5.63. The third-order valence-corrected chi connectivity index (χ3v) is 4.41. The van der Waals surface area contributed by atoms with Crippen LogP contribution in [0.5, 0.6) is 0 Å². The van der Waals surface area contributed by atoms with E-state index in [2.05, 4.69) is 15.9 Å². The molecule has 2 rings (SSSR count). The predicted molar refractivity (Wildman–Crippen MR) is 65.3 cm³/mol. The molecule has 4 heteroatoms. The first-order valence-corrected chi connectivity index (χ1v) is 6.69. The smallest absolute Gasteiger partial charge is 0.307 e. The van der Waals surface area contributed by atoms with Crippen LogP contribution in [0.2, 0.25) is 0 Å². The minimum atomic E-state index is -0.673. The molecule has 15 heavy (non-hydrogen) atoms. The highest BCUT2D eigenvalue weighted by Gasteiger charge is 2.34. The number of carboxylic acids is 1. The van der Waals surface area contributed by atoms with E-state index in [0.29, 0.717) is 0 Å². The first kappa shape index (κ1) is 11.0. The fourth-order valence-electron chi connectivity index (χ4n) is 1.84. The SMILES string of the molecule is O=C(O)C1CSCC1c1ccc(Br)cc1. The molecule has 0 aliphatic carbocycles. The summed E-state index contributed by atoms with van der Waals surface area (Å²) in [7, 11) is 0. The number of carboxylic acid groups (broad SMARTS) is 1. The molecule has 1 aromatic carbocycles. The number of hydrogen-bond acceptors (Lipinski definition) is 2. The van der Waals surface area contributed by atoms with Crippen LogP contribution in [0.1, 0.15) is 11.5 Å². The molecule has 0 bridgehead atoms. The van der Waals surface area contributed by atoms with Crippen molar-refractivity contribution in [1.29, 1.82) is 0 Å². The molecule has 1 heterocycles. The van der Waals surface area contributed by atoms with E-state index in [0.717, 1.165) is 21.5 Å². The lowest BCUT2D eigenvalue weighted by atomic mass is 9.89. The molecule has 0 aromatic heterocycles. The number of hydrogen-bond donors (Lipinski definition) is 1. The lowest BCUT2D eigenvalue weighted by Gasteiger charge is -2.14. The van der Waals surface area contributed by atoms with Crippen LogP contribution in [0.3, 0.4) is 0 Å². The van der Waals surface area contributed by atoms with Crippen LogP contribution in [-0.4, -0.2) is 22.6 Å². The van der Waals surface area contributed by atoms with Crippen molar-refractivity contribution >= 4 is 33.7 Å². The Labute approximate surface area is 101 Å². The molecule has 80 valence electrons. The molecule has 0 radical (unpaired) electrons. The summed E-state index contributed by atoms with van der Waals surface area (Å²) in [5.41, 5.74) is 1.13. The highest BCUT2D eigenvalue weighted by molar-refractivity contribution is 9.10. The van der Waals surface area contributed by atoms with Crippen LogP contribution < -0.4 is 0 Å². The third kappa shape index (κ3) is 2.37. The molecule has 1 saturated heterocycles. The van der Waals surface area contributed by atoms with E-state index in [1.54, 1.807) is 11.8 Å². The van der Waals surface area contributed by atoms with E-state index >= 15 is 0 Å². The maximum absolute atomic E-state index is 11.0. The van der Waals surface area contributed by atoms with Gasteiger partial charge in [0.15, 0.2) is 0 Å². The van der Waals surface area contributed by atoms with Crippen molar-refractivity contribution in [3.63, 3.8) is 0 Å². The molecule has 1 aliphatic rings. The lowest BCUT2D eigenvalue weighted by Crippen LogP contribution is -2.20. The maximum Gasteiger partial charge on any atom is 0.307 e. The predicted octanol–water partition coefficient (Wildman–Crippen LogP) is 2.98. The summed E-state index contributed by atoms with van der Waals surface area (Å²) in [6.07, 6.45) is 0. The monoisotopic (exact) mass is 286 g/mol. The zero-order valence-corrected chi connectivity index (χ0v) is 10.4. The van der Waals surface area contributed by atoms with Crippen LogP contribution in [0.15, 0.2) is 28.7 Å². The second-order valence-electron chi connectivity index (χ2n) is 3.64. The van der Waals surface area contributed by atoms with Gasteiger partial charge in [0.1, 0.15) is 0 Å². The van der Waals surface area contributed by atoms with Gasteiger partial charge < -0.3 is 5.11 Å². The number of thioether (sulfide) groups is 1. The number of halogens is 1. The highest BCUT2D eigenvalue weighted by atomic mass is 79.9. The van der Waals surface area contributed by atoms with E-state index in [9.17, 15) is 4.79 Å². The molecule has 0 amide bonds. The van der Waals surface area contributed by atoms with Gasteiger partial charge in [-0.3, -0.25) is 4.79 Å². The van der Waals surface area contributed by atoms with Gasteiger partial charge in [0.25, 0.3) is 0 Å². The molecule has 1 aromatic rings. The van der Waals surface area contributed by atoms with Gasteiger partial charge in [0.2, 0.25) is 0 Å². The van der Waals surface area contributed by atoms with Crippen molar-refractivity contribution in [3.05, 3.63) is 34.3 Å². The Morgan fingerprint density at radius 1 is 1.33 bits per heavy atom. The van der Waals surface area contributed by atoms with Crippen LogP contribution in [-0.2, 0) is 4.79 Å². The average Bonchev–Trinajstić information content (AvgIpc) is 2.67. The number of benzene rings is 1. The lowest BCUT2D eigenvalue weighted by molar-refractivity contribution is -0.141. The van der Waals surface area contributed by atoms with Crippen molar-refractivity contribution in [3.8, 4) is 0 Å². The zero-order valence-electron chi connectivity index (χ0n) is 8.02. The van der Waals surface area contributed by atoms with E-state index < -0.39 is 5.97 Å². The molecule has 1 N–H and O–H groups in total. The number of rotatable bonds is 2. The van der Waals surface area contributed by atoms with Crippen LogP contribution in [0.4, 0.5) is 0 Å². The van der Waals surface area contributed by atoms with E-state index in [1.165, 1.54) is 0 Å². The van der Waals surface area contributed by atoms with Crippen molar-refractivity contribution in [1.82, 2.24) is 0 Å². The second kappa shape index (κ2) is 4.58. The van der Waals surface area contributed by atoms with Gasteiger partial charge in [0, 0.05) is 21.9 Å². The summed E-state index contributed by atoms with van der Waals surface area (Å²) >= 11 is 5.10. The first-order chi connectivity index (χ1) is 7.18. The molecule has 2 atom stereocenters. The third-order valence-electron chi connectivity index (χ3n) is 2.70. The fraction of sp³-hybridized carbons (Fsp3) is 0.364. The molecule has 1 aliphatic heterocycles. The Kier molecular flexibility index (Phi) is 3.36. The molecule has 2 unspecified atom stereocenters. The molecule has 2 nitrogen and oxygen atoms in total. The van der Waals surface area contributed by atoms with Crippen molar-refractivity contribution in [2.45, 2.75) is 5.92 Å². The Bertz CT molecular complexity index is 363. The highest BCUT2D eigenvalue weighted by Crippen LogP contribution is 2.37. The largest absolute Gasteiger partial charge is 0.481 e. The van der Waals surface area contributed by atoms with E-state index in [1.807, 2.05) is 24.3 Å². The first-order valence-electron chi connectivity index (χ1n) is 4.74. The quantitative estimate of drug-likeness (QED) is 0.908. The molecular formula is C11H11BrO2S. The van der Waals surface area contributed by atoms with Crippen molar-refractivity contribution in [2.75, 3.05) is 11.5 Å². The molecule has 1 fully saturated rings. The van der Waals surface area contributed by atoms with Gasteiger partial charge in [-0.2, -0.15) is 11.8 Å². The summed E-state index contributed by atoms with van der Waals surface area (Å²) in [6, 6.07) is 7.96. The summed E-state index contributed by atoms with van der Waals surface area (Å²) in [4.78, 5) is 11.0. The molecular weight excluding hydrogens is 276 g/mol. The summed E-state index contributed by atoms with van der Waals surface area (Å²) in [6.45, 7) is 0. The topological polar surface area (TPSA) is 37.3 Å². The summed E-state index contributed by atoms with van der Waals surface area (Å²) in [5.74, 6) is 0.916.